The molecule has 7 aromatic carbocycles. The van der Waals surface area contributed by atoms with Crippen LogP contribution in [0.3, 0.4) is 0 Å². The summed E-state index contributed by atoms with van der Waals surface area (Å²) in [5.41, 5.74) is 14.7. The van der Waals surface area contributed by atoms with Crippen molar-refractivity contribution in [3.05, 3.63) is 228 Å². The van der Waals surface area contributed by atoms with E-state index >= 15 is 0 Å². The van der Waals surface area contributed by atoms with Crippen LogP contribution in [0.1, 0.15) is 54.2 Å². The van der Waals surface area contributed by atoms with E-state index in [-0.39, 0.29) is 5.54 Å². The van der Waals surface area contributed by atoms with Crippen LogP contribution >= 0.6 is 0 Å². The van der Waals surface area contributed by atoms with Crippen molar-refractivity contribution >= 4 is 32.8 Å². The monoisotopic (exact) mass is 763 g/mol. The number of aromatic nitrogens is 4. The lowest BCUT2D eigenvalue weighted by atomic mass is 9.65. The summed E-state index contributed by atoms with van der Waals surface area (Å²) in [7, 11) is 0. The largest absolute Gasteiger partial charge is 0.294 e. The van der Waals surface area contributed by atoms with Gasteiger partial charge in [0, 0.05) is 17.0 Å². The molecule has 3 heterocycles. The Balaban J connectivity index is 1.27. The van der Waals surface area contributed by atoms with E-state index in [4.69, 9.17) is 4.98 Å². The zero-order chi connectivity index (χ0) is 40.3. The van der Waals surface area contributed by atoms with E-state index in [1.165, 1.54) is 60.8 Å². The van der Waals surface area contributed by atoms with Gasteiger partial charge >= 0.3 is 0 Å². The van der Waals surface area contributed by atoms with Crippen LogP contribution < -0.4 is 4.57 Å². The van der Waals surface area contributed by atoms with Gasteiger partial charge in [-0.05, 0) is 128 Å². The normalized spacial score (nSPS) is 12.2. The molecule has 0 amide bonds. The standard InChI is InChI=1S/C55H47N4/c1-38-18-16-19-39(2)53(38)40-32-33-56-52(34-40)59-48-27-13-12-26-46(48)47-31-30-44(36-51(47)59)55(41-20-8-6-9-21-41,42-22-10-7-11-23-42)43-24-17-25-45(35-43)57-37-58(54(3,4)5)50-29-15-14-28-49(50)57/h6-37H,1-5H3/q+1. The van der Waals surface area contributed by atoms with E-state index in [1.54, 1.807) is 0 Å². The molecule has 0 aliphatic carbocycles. The van der Waals surface area contributed by atoms with Gasteiger partial charge in [-0.15, -0.1) is 0 Å². The summed E-state index contributed by atoms with van der Waals surface area (Å²) >= 11 is 0. The number of nitrogens with zero attached hydrogens (tertiary/aromatic N) is 4. The number of para-hydroxylation sites is 3. The molecule has 0 aliphatic rings. The van der Waals surface area contributed by atoms with E-state index in [2.05, 4.69) is 237 Å². The predicted octanol–water partition coefficient (Wildman–Crippen LogP) is 12.8. The van der Waals surface area contributed by atoms with Crippen molar-refractivity contribution in [1.29, 1.82) is 0 Å². The van der Waals surface area contributed by atoms with Gasteiger partial charge in [-0.1, -0.05) is 133 Å². The molecule has 0 spiro atoms. The molecule has 4 nitrogen and oxygen atoms in total. The number of hydrogen-bond acceptors (Lipinski definition) is 1. The number of fused-ring (bicyclic) bond motifs is 4. The smallest absolute Gasteiger partial charge is 0.250 e. The summed E-state index contributed by atoms with van der Waals surface area (Å²) < 4.78 is 7.09. The van der Waals surface area contributed by atoms with Crippen LogP contribution in [-0.4, -0.2) is 14.1 Å². The van der Waals surface area contributed by atoms with Crippen molar-refractivity contribution in [3.8, 4) is 22.6 Å². The van der Waals surface area contributed by atoms with Crippen molar-refractivity contribution in [3.63, 3.8) is 0 Å². The molecule has 4 heteroatoms. The average Bonchev–Trinajstić information content (AvgIpc) is 3.82. The third-order valence-corrected chi connectivity index (χ3v) is 12.2. The second-order valence-corrected chi connectivity index (χ2v) is 16.8. The molecule has 0 bridgehead atoms. The van der Waals surface area contributed by atoms with Gasteiger partial charge in [0.25, 0.3) is 0 Å². The first-order valence-electron chi connectivity index (χ1n) is 20.5. The molecule has 0 aliphatic heterocycles. The highest BCUT2D eigenvalue weighted by Crippen LogP contribution is 2.47. The maximum absolute atomic E-state index is 5.08. The zero-order valence-corrected chi connectivity index (χ0v) is 34.3. The first-order valence-corrected chi connectivity index (χ1v) is 20.5. The summed E-state index contributed by atoms with van der Waals surface area (Å²) in [5.74, 6) is 0.896. The Morgan fingerprint density at radius 3 is 1.80 bits per heavy atom. The summed E-state index contributed by atoms with van der Waals surface area (Å²) in [6.07, 6.45) is 4.22. The molecule has 286 valence electrons. The molecule has 0 fully saturated rings. The molecule has 0 saturated carbocycles. The Morgan fingerprint density at radius 1 is 0.492 bits per heavy atom. The van der Waals surface area contributed by atoms with Crippen molar-refractivity contribution in [2.24, 2.45) is 0 Å². The Hall–Kier alpha value is -7.04. The van der Waals surface area contributed by atoms with Crippen molar-refractivity contribution in [2.45, 2.75) is 45.6 Å². The van der Waals surface area contributed by atoms with Crippen LogP contribution in [0.15, 0.2) is 195 Å². The SMILES string of the molecule is Cc1cccc(C)c1-c1ccnc(-n2c3ccccc3c3ccc(C(c4ccccc4)(c4ccccc4)c4cccc(-n5c[n+](C(C)(C)C)c6ccccc65)c4)cc32)c1. The number of imidazole rings is 1. The predicted molar refractivity (Wildman–Crippen MR) is 244 cm³/mol. The number of pyridine rings is 1. The number of hydrogen-bond donors (Lipinski definition) is 0. The Kier molecular flexibility index (Phi) is 8.68. The van der Waals surface area contributed by atoms with E-state index < -0.39 is 5.41 Å². The van der Waals surface area contributed by atoms with Gasteiger partial charge in [0.05, 0.1) is 16.4 Å². The van der Waals surface area contributed by atoms with Crippen molar-refractivity contribution in [1.82, 2.24) is 14.1 Å². The van der Waals surface area contributed by atoms with Crippen LogP contribution in [0.5, 0.6) is 0 Å². The minimum Gasteiger partial charge on any atom is -0.294 e. The fraction of sp³-hybridized carbons (Fsp3) is 0.127. The van der Waals surface area contributed by atoms with Gasteiger partial charge in [0.15, 0.2) is 11.0 Å². The fourth-order valence-electron chi connectivity index (χ4n) is 9.53. The van der Waals surface area contributed by atoms with E-state index in [9.17, 15) is 0 Å². The maximum atomic E-state index is 5.08. The van der Waals surface area contributed by atoms with Crippen LogP contribution in [0, 0.1) is 13.8 Å². The average molecular weight is 764 g/mol. The zero-order valence-electron chi connectivity index (χ0n) is 34.3. The minimum absolute atomic E-state index is 0.0959. The van der Waals surface area contributed by atoms with Gasteiger partial charge in [-0.2, -0.15) is 4.57 Å². The second kappa shape index (κ2) is 14.1. The molecule has 10 rings (SSSR count). The topological polar surface area (TPSA) is 26.6 Å². The first-order chi connectivity index (χ1) is 28.7. The highest BCUT2D eigenvalue weighted by Gasteiger charge is 2.39. The third-order valence-electron chi connectivity index (χ3n) is 12.2. The van der Waals surface area contributed by atoms with E-state index in [0.29, 0.717) is 0 Å². The second-order valence-electron chi connectivity index (χ2n) is 16.8. The van der Waals surface area contributed by atoms with E-state index in [0.717, 1.165) is 28.1 Å². The molecule has 0 unspecified atom stereocenters. The van der Waals surface area contributed by atoms with Gasteiger partial charge in [0.2, 0.25) is 6.33 Å². The van der Waals surface area contributed by atoms with Crippen molar-refractivity contribution < 1.29 is 4.57 Å². The summed E-state index contributed by atoms with van der Waals surface area (Å²) in [5, 5.41) is 2.39. The Labute approximate surface area is 346 Å². The summed E-state index contributed by atoms with van der Waals surface area (Å²) in [6, 6.07) is 66.7. The van der Waals surface area contributed by atoms with Crippen LogP contribution in [0.25, 0.3) is 55.5 Å². The van der Waals surface area contributed by atoms with Gasteiger partial charge in [-0.3, -0.25) is 4.57 Å². The van der Waals surface area contributed by atoms with Crippen LogP contribution in [-0.2, 0) is 11.0 Å². The molecule has 10 aromatic rings. The minimum atomic E-state index is -0.676. The Bertz CT molecular complexity index is 3100. The van der Waals surface area contributed by atoms with Crippen LogP contribution in [0.2, 0.25) is 0 Å². The number of rotatable bonds is 7. The molecular weight excluding hydrogens is 717 g/mol. The fourth-order valence-corrected chi connectivity index (χ4v) is 9.53. The molecule has 0 saturated heterocycles. The highest BCUT2D eigenvalue weighted by atomic mass is 15.2. The summed E-state index contributed by atoms with van der Waals surface area (Å²) in [4.78, 5) is 5.08. The molecular formula is C55H47N4+. The van der Waals surface area contributed by atoms with Gasteiger partial charge in [0.1, 0.15) is 17.0 Å². The highest BCUT2D eigenvalue weighted by molar-refractivity contribution is 6.09. The molecule has 59 heavy (non-hydrogen) atoms. The molecule has 0 atom stereocenters. The third kappa shape index (κ3) is 5.89. The van der Waals surface area contributed by atoms with E-state index in [1.807, 2.05) is 6.20 Å². The Morgan fingerprint density at radius 2 is 1.08 bits per heavy atom. The van der Waals surface area contributed by atoms with Crippen molar-refractivity contribution in [2.75, 3.05) is 0 Å². The van der Waals surface area contributed by atoms with Gasteiger partial charge < -0.3 is 0 Å². The number of aryl methyl sites for hydroxylation is 2. The van der Waals surface area contributed by atoms with Gasteiger partial charge in [-0.25, -0.2) is 9.55 Å². The first kappa shape index (κ1) is 36.3. The molecule has 0 radical (unpaired) electrons. The lowest BCUT2D eigenvalue weighted by Crippen LogP contribution is -2.49. The lowest BCUT2D eigenvalue weighted by Gasteiger charge is -2.37. The molecule has 3 aromatic heterocycles. The summed E-state index contributed by atoms with van der Waals surface area (Å²) in [6.45, 7) is 11.2. The lowest BCUT2D eigenvalue weighted by molar-refractivity contribution is -0.731. The maximum Gasteiger partial charge on any atom is 0.250 e. The van der Waals surface area contributed by atoms with Crippen LogP contribution in [0.4, 0.5) is 0 Å². The molecule has 0 N–H and O–H groups in total. The quantitative estimate of drug-likeness (QED) is 0.117. The number of benzene rings is 7.